The standard InChI is InChI=1S/C10H18O3/c1-7(10(12)13)6-8-2-4-9(11)5-3-8/h7-9,11H,2-6H2,1H3,(H,12,13)/t7-,8?,9?/m1/s1. The van der Waals surface area contributed by atoms with Gasteiger partial charge >= 0.3 is 5.97 Å². The Morgan fingerprint density at radius 2 is 1.92 bits per heavy atom. The molecule has 0 spiro atoms. The predicted octanol–water partition coefficient (Wildman–Crippen LogP) is 1.65. The first-order valence-corrected chi connectivity index (χ1v) is 5.00. The molecule has 3 nitrogen and oxygen atoms in total. The Hall–Kier alpha value is -0.570. The van der Waals surface area contributed by atoms with E-state index in [9.17, 15) is 9.90 Å². The van der Waals surface area contributed by atoms with Gasteiger partial charge in [0.25, 0.3) is 0 Å². The fourth-order valence-corrected chi connectivity index (χ4v) is 1.98. The molecule has 1 aliphatic rings. The van der Waals surface area contributed by atoms with Crippen LogP contribution in [0.15, 0.2) is 0 Å². The summed E-state index contributed by atoms with van der Waals surface area (Å²) < 4.78 is 0. The van der Waals surface area contributed by atoms with Crippen LogP contribution in [0.4, 0.5) is 0 Å². The summed E-state index contributed by atoms with van der Waals surface area (Å²) >= 11 is 0. The molecule has 0 aliphatic heterocycles. The summed E-state index contributed by atoms with van der Waals surface area (Å²) in [7, 11) is 0. The number of carboxylic acids is 1. The van der Waals surface area contributed by atoms with E-state index < -0.39 is 5.97 Å². The van der Waals surface area contributed by atoms with Crippen LogP contribution in [-0.2, 0) is 4.79 Å². The van der Waals surface area contributed by atoms with Crippen LogP contribution in [0.3, 0.4) is 0 Å². The van der Waals surface area contributed by atoms with E-state index in [0.717, 1.165) is 32.1 Å². The van der Waals surface area contributed by atoms with Crippen molar-refractivity contribution in [3.63, 3.8) is 0 Å². The van der Waals surface area contributed by atoms with E-state index in [1.54, 1.807) is 6.92 Å². The van der Waals surface area contributed by atoms with Crippen LogP contribution in [-0.4, -0.2) is 22.3 Å². The van der Waals surface area contributed by atoms with Crippen LogP contribution >= 0.6 is 0 Å². The summed E-state index contributed by atoms with van der Waals surface area (Å²) in [5, 5.41) is 18.0. The third kappa shape index (κ3) is 3.35. The molecule has 13 heavy (non-hydrogen) atoms. The number of carboxylic acid groups (broad SMARTS) is 1. The average molecular weight is 186 g/mol. The molecule has 0 radical (unpaired) electrons. The van der Waals surface area contributed by atoms with Crippen molar-refractivity contribution < 1.29 is 15.0 Å². The molecule has 0 heterocycles. The van der Waals surface area contributed by atoms with Crippen molar-refractivity contribution in [2.24, 2.45) is 11.8 Å². The van der Waals surface area contributed by atoms with E-state index in [0.29, 0.717) is 5.92 Å². The molecule has 3 heteroatoms. The summed E-state index contributed by atoms with van der Waals surface area (Å²) in [5.41, 5.74) is 0. The van der Waals surface area contributed by atoms with Gasteiger partial charge in [0.1, 0.15) is 0 Å². The quantitative estimate of drug-likeness (QED) is 0.704. The second-order valence-electron chi connectivity index (χ2n) is 4.15. The van der Waals surface area contributed by atoms with E-state index >= 15 is 0 Å². The van der Waals surface area contributed by atoms with Crippen LogP contribution < -0.4 is 0 Å². The Morgan fingerprint density at radius 1 is 1.38 bits per heavy atom. The normalized spacial score (nSPS) is 31.2. The van der Waals surface area contributed by atoms with Gasteiger partial charge in [-0.15, -0.1) is 0 Å². The summed E-state index contributed by atoms with van der Waals surface area (Å²) in [5.74, 6) is -0.430. The highest BCUT2D eigenvalue weighted by molar-refractivity contribution is 5.69. The van der Waals surface area contributed by atoms with E-state index in [-0.39, 0.29) is 12.0 Å². The molecule has 0 aromatic heterocycles. The van der Waals surface area contributed by atoms with Crippen molar-refractivity contribution in [1.82, 2.24) is 0 Å². The fourth-order valence-electron chi connectivity index (χ4n) is 1.98. The van der Waals surface area contributed by atoms with Crippen LogP contribution in [0.25, 0.3) is 0 Å². The average Bonchev–Trinajstić information content (AvgIpc) is 2.08. The van der Waals surface area contributed by atoms with Gasteiger partial charge in [-0.1, -0.05) is 6.92 Å². The van der Waals surface area contributed by atoms with Crippen LogP contribution in [0.1, 0.15) is 39.0 Å². The van der Waals surface area contributed by atoms with Crippen molar-refractivity contribution in [3.8, 4) is 0 Å². The van der Waals surface area contributed by atoms with E-state index in [4.69, 9.17) is 5.11 Å². The molecule has 0 aromatic rings. The van der Waals surface area contributed by atoms with E-state index in [1.165, 1.54) is 0 Å². The van der Waals surface area contributed by atoms with Gasteiger partial charge in [-0.2, -0.15) is 0 Å². The maximum absolute atomic E-state index is 10.6. The second-order valence-corrected chi connectivity index (χ2v) is 4.15. The van der Waals surface area contributed by atoms with Crippen molar-refractivity contribution in [3.05, 3.63) is 0 Å². The zero-order valence-corrected chi connectivity index (χ0v) is 8.07. The first-order valence-electron chi connectivity index (χ1n) is 5.00. The lowest BCUT2D eigenvalue weighted by Crippen LogP contribution is -2.22. The molecule has 1 saturated carbocycles. The number of aliphatic carboxylic acids is 1. The van der Waals surface area contributed by atoms with Crippen molar-refractivity contribution in [2.45, 2.75) is 45.1 Å². The molecule has 2 N–H and O–H groups in total. The Balaban J connectivity index is 2.26. The minimum atomic E-state index is -0.703. The molecule has 76 valence electrons. The van der Waals surface area contributed by atoms with E-state index in [2.05, 4.69) is 0 Å². The number of hydrogen-bond acceptors (Lipinski definition) is 2. The van der Waals surface area contributed by atoms with Crippen molar-refractivity contribution >= 4 is 5.97 Å². The SMILES string of the molecule is C[C@H](CC1CCC(O)CC1)C(=O)O. The van der Waals surface area contributed by atoms with Crippen molar-refractivity contribution in [2.75, 3.05) is 0 Å². The van der Waals surface area contributed by atoms with Gasteiger partial charge < -0.3 is 10.2 Å². The molecule has 1 atom stereocenters. The number of hydrogen-bond donors (Lipinski definition) is 2. The monoisotopic (exact) mass is 186 g/mol. The van der Waals surface area contributed by atoms with Crippen LogP contribution in [0, 0.1) is 11.8 Å². The van der Waals surface area contributed by atoms with Gasteiger partial charge in [0, 0.05) is 0 Å². The molecule has 1 rings (SSSR count). The minimum absolute atomic E-state index is 0.142. The molecule has 0 bridgehead atoms. The van der Waals surface area contributed by atoms with Gasteiger partial charge in [0.15, 0.2) is 0 Å². The summed E-state index contributed by atoms with van der Waals surface area (Å²) in [6.45, 7) is 1.76. The first-order chi connectivity index (χ1) is 6.09. The highest BCUT2D eigenvalue weighted by Crippen LogP contribution is 2.29. The highest BCUT2D eigenvalue weighted by atomic mass is 16.4. The Labute approximate surface area is 78.8 Å². The van der Waals surface area contributed by atoms with Crippen LogP contribution in [0.2, 0.25) is 0 Å². The lowest BCUT2D eigenvalue weighted by atomic mass is 9.82. The lowest BCUT2D eigenvalue weighted by molar-refractivity contribution is -0.141. The number of aliphatic hydroxyl groups is 1. The topological polar surface area (TPSA) is 57.5 Å². The molecule has 0 saturated heterocycles. The van der Waals surface area contributed by atoms with Crippen LogP contribution in [0.5, 0.6) is 0 Å². The minimum Gasteiger partial charge on any atom is -0.481 e. The summed E-state index contributed by atoms with van der Waals surface area (Å²) in [6, 6.07) is 0. The van der Waals surface area contributed by atoms with Gasteiger partial charge in [-0.05, 0) is 38.0 Å². The van der Waals surface area contributed by atoms with Gasteiger partial charge in [0.05, 0.1) is 12.0 Å². The third-order valence-corrected chi connectivity index (χ3v) is 2.92. The molecular weight excluding hydrogens is 168 g/mol. The maximum atomic E-state index is 10.6. The number of carbonyl (C=O) groups is 1. The Bertz CT molecular complexity index is 171. The number of rotatable bonds is 3. The molecule has 0 aromatic carbocycles. The Kier molecular flexibility index (Phi) is 3.72. The molecule has 0 unspecified atom stereocenters. The molecular formula is C10H18O3. The predicted molar refractivity (Wildman–Crippen MR) is 49.4 cm³/mol. The second kappa shape index (κ2) is 4.61. The highest BCUT2D eigenvalue weighted by Gasteiger charge is 2.23. The van der Waals surface area contributed by atoms with Gasteiger partial charge in [0.2, 0.25) is 0 Å². The molecule has 1 aliphatic carbocycles. The zero-order chi connectivity index (χ0) is 9.84. The summed E-state index contributed by atoms with van der Waals surface area (Å²) in [6.07, 6.45) is 4.28. The largest absolute Gasteiger partial charge is 0.481 e. The third-order valence-electron chi connectivity index (χ3n) is 2.92. The van der Waals surface area contributed by atoms with Gasteiger partial charge in [-0.25, -0.2) is 0 Å². The lowest BCUT2D eigenvalue weighted by Gasteiger charge is -2.26. The smallest absolute Gasteiger partial charge is 0.306 e. The van der Waals surface area contributed by atoms with Crippen molar-refractivity contribution in [1.29, 1.82) is 0 Å². The fraction of sp³-hybridized carbons (Fsp3) is 0.900. The maximum Gasteiger partial charge on any atom is 0.306 e. The summed E-state index contributed by atoms with van der Waals surface area (Å²) in [4.78, 5) is 10.6. The Morgan fingerprint density at radius 3 is 2.38 bits per heavy atom. The molecule has 1 fully saturated rings. The molecule has 0 amide bonds. The number of aliphatic hydroxyl groups excluding tert-OH is 1. The first kappa shape index (κ1) is 10.5. The zero-order valence-electron chi connectivity index (χ0n) is 8.07. The van der Waals surface area contributed by atoms with E-state index in [1.807, 2.05) is 0 Å². The van der Waals surface area contributed by atoms with Gasteiger partial charge in [-0.3, -0.25) is 4.79 Å².